The number of nitriles is 1. The van der Waals surface area contributed by atoms with Gasteiger partial charge in [0.25, 0.3) is 0 Å². The maximum Gasteiger partial charge on any atom is 0.122 e. The highest BCUT2D eigenvalue weighted by Gasteiger charge is 2.17. The fraction of sp³-hybridized carbons (Fsp3) is 0.500. The summed E-state index contributed by atoms with van der Waals surface area (Å²) in [6.45, 7) is 8.62. The summed E-state index contributed by atoms with van der Waals surface area (Å²) in [5.41, 5.74) is 5.99. The second-order valence-corrected chi connectivity index (χ2v) is 3.29. The van der Waals surface area contributed by atoms with Crippen molar-refractivity contribution in [3.63, 3.8) is 0 Å². The Balaban J connectivity index is 5.12. The topological polar surface area (TPSA) is 49.8 Å². The zero-order chi connectivity index (χ0) is 10.6. The van der Waals surface area contributed by atoms with Crippen LogP contribution in [0.4, 0.5) is 4.39 Å². The van der Waals surface area contributed by atoms with Crippen LogP contribution in [-0.4, -0.2) is 0 Å². The minimum Gasteiger partial charge on any atom is -0.399 e. The van der Waals surface area contributed by atoms with Crippen molar-refractivity contribution in [2.24, 2.45) is 17.6 Å². The maximum absolute atomic E-state index is 13.5. The Morgan fingerprint density at radius 1 is 1.46 bits per heavy atom. The third-order valence-corrected chi connectivity index (χ3v) is 1.75. The van der Waals surface area contributed by atoms with Crippen molar-refractivity contribution in [1.29, 1.82) is 5.26 Å². The Kier molecular flexibility index (Phi) is 4.19. The van der Waals surface area contributed by atoms with Gasteiger partial charge in [0, 0.05) is 11.3 Å². The standard InChI is InChI=1S/C10H15FN2/c1-6(2)9(8(4)13)10(11)7(3)5-12/h6-7H,4,13H2,1-3H3/b10-9+. The first-order chi connectivity index (χ1) is 5.91. The van der Waals surface area contributed by atoms with Crippen LogP contribution < -0.4 is 5.73 Å². The highest BCUT2D eigenvalue weighted by atomic mass is 19.1. The molecule has 2 nitrogen and oxygen atoms in total. The highest BCUT2D eigenvalue weighted by Crippen LogP contribution is 2.25. The molecule has 0 saturated heterocycles. The molecule has 1 atom stereocenters. The van der Waals surface area contributed by atoms with Gasteiger partial charge in [0.1, 0.15) is 5.83 Å². The summed E-state index contributed by atoms with van der Waals surface area (Å²) >= 11 is 0. The average Bonchev–Trinajstić information content (AvgIpc) is 2.01. The molecule has 0 aromatic heterocycles. The molecule has 0 spiro atoms. The molecule has 72 valence electrons. The van der Waals surface area contributed by atoms with Crippen LogP contribution in [0.2, 0.25) is 0 Å². The fourth-order valence-corrected chi connectivity index (χ4v) is 1.09. The predicted molar refractivity (Wildman–Crippen MR) is 51.1 cm³/mol. The lowest BCUT2D eigenvalue weighted by Crippen LogP contribution is -2.10. The first-order valence-corrected chi connectivity index (χ1v) is 4.15. The molecule has 0 saturated carbocycles. The van der Waals surface area contributed by atoms with E-state index in [9.17, 15) is 4.39 Å². The quantitative estimate of drug-likeness (QED) is 0.682. The zero-order valence-corrected chi connectivity index (χ0v) is 8.26. The van der Waals surface area contributed by atoms with Gasteiger partial charge in [0.05, 0.1) is 12.0 Å². The third kappa shape index (κ3) is 2.90. The van der Waals surface area contributed by atoms with E-state index < -0.39 is 11.7 Å². The van der Waals surface area contributed by atoms with Gasteiger partial charge in [-0.05, 0) is 12.8 Å². The van der Waals surface area contributed by atoms with Crippen LogP contribution in [0.15, 0.2) is 23.7 Å². The van der Waals surface area contributed by atoms with E-state index in [1.54, 1.807) is 0 Å². The van der Waals surface area contributed by atoms with Gasteiger partial charge in [0.15, 0.2) is 0 Å². The first-order valence-electron chi connectivity index (χ1n) is 4.15. The van der Waals surface area contributed by atoms with Crippen molar-refractivity contribution in [3.8, 4) is 6.07 Å². The summed E-state index contributed by atoms with van der Waals surface area (Å²) in [4.78, 5) is 0. The average molecular weight is 182 g/mol. The highest BCUT2D eigenvalue weighted by molar-refractivity contribution is 5.32. The molecule has 0 bridgehead atoms. The lowest BCUT2D eigenvalue weighted by Gasteiger charge is -2.13. The lowest BCUT2D eigenvalue weighted by atomic mass is 9.96. The Morgan fingerprint density at radius 3 is 2.15 bits per heavy atom. The number of hydrogen-bond donors (Lipinski definition) is 1. The van der Waals surface area contributed by atoms with E-state index in [2.05, 4.69) is 6.58 Å². The molecule has 3 heteroatoms. The molecule has 0 amide bonds. The molecule has 0 aromatic rings. The molecule has 0 aliphatic heterocycles. The minimum atomic E-state index is -0.752. The van der Waals surface area contributed by atoms with Crippen LogP contribution in [0.1, 0.15) is 20.8 Å². The summed E-state index contributed by atoms with van der Waals surface area (Å²) in [5.74, 6) is -1.27. The summed E-state index contributed by atoms with van der Waals surface area (Å²) in [5, 5.41) is 8.52. The van der Waals surface area contributed by atoms with Gasteiger partial charge in [-0.25, -0.2) is 4.39 Å². The molecular formula is C10H15FN2. The van der Waals surface area contributed by atoms with Crippen LogP contribution in [0.25, 0.3) is 0 Å². The number of nitrogens with two attached hydrogens (primary N) is 1. The Bertz CT molecular complexity index is 271. The maximum atomic E-state index is 13.5. The Hall–Kier alpha value is -1.30. The number of allylic oxidation sites excluding steroid dienone is 2. The largest absolute Gasteiger partial charge is 0.399 e. The van der Waals surface area contributed by atoms with E-state index in [1.165, 1.54) is 6.92 Å². The minimum absolute atomic E-state index is 0.0479. The van der Waals surface area contributed by atoms with Gasteiger partial charge < -0.3 is 5.73 Å². The van der Waals surface area contributed by atoms with E-state index in [4.69, 9.17) is 11.0 Å². The smallest absolute Gasteiger partial charge is 0.122 e. The molecular weight excluding hydrogens is 167 g/mol. The third-order valence-electron chi connectivity index (χ3n) is 1.75. The number of rotatable bonds is 3. The Morgan fingerprint density at radius 2 is 1.92 bits per heavy atom. The molecule has 0 radical (unpaired) electrons. The van der Waals surface area contributed by atoms with Crippen LogP contribution in [-0.2, 0) is 0 Å². The van der Waals surface area contributed by atoms with Crippen molar-refractivity contribution in [2.75, 3.05) is 0 Å². The zero-order valence-electron chi connectivity index (χ0n) is 8.26. The van der Waals surface area contributed by atoms with Crippen molar-refractivity contribution in [2.45, 2.75) is 20.8 Å². The number of halogens is 1. The van der Waals surface area contributed by atoms with Crippen molar-refractivity contribution >= 4 is 0 Å². The summed E-state index contributed by atoms with van der Waals surface area (Å²) in [6, 6.07) is 1.83. The predicted octanol–water partition coefficient (Wildman–Crippen LogP) is 2.50. The normalized spacial score (nSPS) is 14.8. The van der Waals surface area contributed by atoms with E-state index in [1.807, 2.05) is 19.9 Å². The van der Waals surface area contributed by atoms with E-state index in [0.717, 1.165) is 0 Å². The summed E-state index contributed by atoms with van der Waals surface area (Å²) in [6.07, 6.45) is 0. The van der Waals surface area contributed by atoms with Gasteiger partial charge in [0.2, 0.25) is 0 Å². The number of nitrogens with zero attached hydrogens (tertiary/aromatic N) is 1. The van der Waals surface area contributed by atoms with Gasteiger partial charge in [-0.2, -0.15) is 5.26 Å². The van der Waals surface area contributed by atoms with E-state index >= 15 is 0 Å². The van der Waals surface area contributed by atoms with Gasteiger partial charge in [-0.3, -0.25) is 0 Å². The summed E-state index contributed by atoms with van der Waals surface area (Å²) in [7, 11) is 0. The van der Waals surface area contributed by atoms with Crippen LogP contribution >= 0.6 is 0 Å². The van der Waals surface area contributed by atoms with E-state index in [0.29, 0.717) is 5.57 Å². The monoisotopic (exact) mass is 182 g/mol. The van der Waals surface area contributed by atoms with Crippen molar-refractivity contribution in [3.05, 3.63) is 23.7 Å². The molecule has 0 rings (SSSR count). The second kappa shape index (κ2) is 4.66. The van der Waals surface area contributed by atoms with Gasteiger partial charge >= 0.3 is 0 Å². The first kappa shape index (κ1) is 11.7. The fourth-order valence-electron chi connectivity index (χ4n) is 1.09. The van der Waals surface area contributed by atoms with Gasteiger partial charge in [-0.1, -0.05) is 20.4 Å². The van der Waals surface area contributed by atoms with Crippen LogP contribution in [0, 0.1) is 23.2 Å². The number of hydrogen-bond acceptors (Lipinski definition) is 2. The SMILES string of the molecule is C=C(N)/C(=C(/F)C(C)C#N)C(C)C. The summed E-state index contributed by atoms with van der Waals surface area (Å²) < 4.78 is 13.5. The van der Waals surface area contributed by atoms with Crippen molar-refractivity contribution in [1.82, 2.24) is 0 Å². The van der Waals surface area contributed by atoms with Gasteiger partial charge in [-0.15, -0.1) is 0 Å². The van der Waals surface area contributed by atoms with Crippen LogP contribution in [0.5, 0.6) is 0 Å². The molecule has 13 heavy (non-hydrogen) atoms. The molecule has 2 N–H and O–H groups in total. The second-order valence-electron chi connectivity index (χ2n) is 3.29. The molecule has 1 unspecified atom stereocenters. The molecule has 0 aromatic carbocycles. The Labute approximate surface area is 78.5 Å². The van der Waals surface area contributed by atoms with E-state index in [-0.39, 0.29) is 11.6 Å². The lowest BCUT2D eigenvalue weighted by molar-refractivity contribution is 0.525. The molecule has 0 heterocycles. The molecule has 0 aliphatic carbocycles. The van der Waals surface area contributed by atoms with Crippen LogP contribution in [0.3, 0.4) is 0 Å². The molecule has 0 fully saturated rings. The van der Waals surface area contributed by atoms with Crippen molar-refractivity contribution < 1.29 is 4.39 Å². The molecule has 0 aliphatic rings.